The molecule has 0 fully saturated rings. The molecule has 0 saturated carbocycles. The number of aromatic nitrogens is 3. The Morgan fingerprint density at radius 1 is 1.35 bits per heavy atom. The molecule has 2 heterocycles. The summed E-state index contributed by atoms with van der Waals surface area (Å²) in [6, 6.07) is 6.38. The summed E-state index contributed by atoms with van der Waals surface area (Å²) in [4.78, 5) is 4.51. The van der Waals surface area contributed by atoms with Crippen molar-refractivity contribution in [2.24, 2.45) is 0 Å². The quantitative estimate of drug-likeness (QED) is 0.874. The topological polar surface area (TPSA) is 42.7 Å². The van der Waals surface area contributed by atoms with Crippen molar-refractivity contribution in [2.45, 2.75) is 39.3 Å². The van der Waals surface area contributed by atoms with Crippen molar-refractivity contribution < 1.29 is 0 Å². The lowest BCUT2D eigenvalue weighted by Gasteiger charge is -2.22. The molecule has 5 heteroatoms. The lowest BCUT2D eigenvalue weighted by atomic mass is 10.1. The van der Waals surface area contributed by atoms with Crippen LogP contribution in [0.1, 0.15) is 50.7 Å². The minimum Gasteiger partial charge on any atom is -0.304 e. The predicted molar refractivity (Wildman–Crippen MR) is 84.7 cm³/mol. The van der Waals surface area contributed by atoms with Gasteiger partial charge in [0.05, 0.1) is 28.1 Å². The van der Waals surface area contributed by atoms with E-state index in [1.165, 1.54) is 0 Å². The first-order valence-corrected chi connectivity index (χ1v) is 7.81. The van der Waals surface area contributed by atoms with Gasteiger partial charge in [0.25, 0.3) is 0 Å². The van der Waals surface area contributed by atoms with E-state index in [4.69, 9.17) is 0 Å². The molecule has 108 valence electrons. The lowest BCUT2D eigenvalue weighted by Crippen LogP contribution is -2.27. The molecular weight excluding hydrogens is 316 g/mol. The van der Waals surface area contributed by atoms with Gasteiger partial charge in [-0.2, -0.15) is 5.10 Å². The SMILES string of the molecule is CCCNC(c1ccccn1)c1c(Br)cnn1C(C)C. The molecule has 0 aliphatic rings. The molecule has 4 nitrogen and oxygen atoms in total. The fourth-order valence-corrected chi connectivity index (χ4v) is 2.71. The summed E-state index contributed by atoms with van der Waals surface area (Å²) in [5, 5.41) is 8.04. The van der Waals surface area contributed by atoms with Gasteiger partial charge in [-0.25, -0.2) is 0 Å². The number of nitrogens with zero attached hydrogens (tertiary/aromatic N) is 3. The monoisotopic (exact) mass is 336 g/mol. The van der Waals surface area contributed by atoms with E-state index in [0.29, 0.717) is 6.04 Å². The molecule has 1 unspecified atom stereocenters. The van der Waals surface area contributed by atoms with Gasteiger partial charge in [0.15, 0.2) is 0 Å². The Balaban J connectivity index is 2.44. The second-order valence-corrected chi connectivity index (χ2v) is 5.91. The molecule has 0 spiro atoms. The largest absolute Gasteiger partial charge is 0.304 e. The molecule has 0 bridgehead atoms. The fourth-order valence-electron chi connectivity index (χ4n) is 2.21. The standard InChI is InChI=1S/C15H21BrN4/c1-4-8-18-14(13-7-5-6-9-17-13)15-12(16)10-19-20(15)11(2)3/h5-7,9-11,14,18H,4,8H2,1-3H3. The highest BCUT2D eigenvalue weighted by atomic mass is 79.9. The first-order valence-electron chi connectivity index (χ1n) is 7.02. The van der Waals surface area contributed by atoms with Gasteiger partial charge >= 0.3 is 0 Å². The van der Waals surface area contributed by atoms with Crippen molar-refractivity contribution in [3.63, 3.8) is 0 Å². The van der Waals surface area contributed by atoms with Crippen molar-refractivity contribution in [1.82, 2.24) is 20.1 Å². The van der Waals surface area contributed by atoms with Crippen molar-refractivity contribution >= 4 is 15.9 Å². The smallest absolute Gasteiger partial charge is 0.0933 e. The molecule has 2 rings (SSSR count). The molecule has 0 radical (unpaired) electrons. The fraction of sp³-hybridized carbons (Fsp3) is 0.467. The first kappa shape index (κ1) is 15.2. The van der Waals surface area contributed by atoms with Crippen LogP contribution in [0, 0.1) is 0 Å². The summed E-state index contributed by atoms with van der Waals surface area (Å²) in [5.74, 6) is 0. The Morgan fingerprint density at radius 3 is 2.75 bits per heavy atom. The Bertz CT molecular complexity index is 536. The Morgan fingerprint density at radius 2 is 2.15 bits per heavy atom. The van der Waals surface area contributed by atoms with Crippen LogP contribution in [0.2, 0.25) is 0 Å². The van der Waals surface area contributed by atoms with Gasteiger partial charge in [0.2, 0.25) is 0 Å². The van der Waals surface area contributed by atoms with E-state index in [1.807, 2.05) is 29.2 Å². The molecule has 0 aromatic carbocycles. The van der Waals surface area contributed by atoms with Gasteiger partial charge < -0.3 is 5.32 Å². The maximum absolute atomic E-state index is 4.51. The molecule has 1 N–H and O–H groups in total. The van der Waals surface area contributed by atoms with Crippen LogP contribution < -0.4 is 5.32 Å². The summed E-state index contributed by atoms with van der Waals surface area (Å²) in [6.45, 7) is 7.38. The summed E-state index contributed by atoms with van der Waals surface area (Å²) in [5.41, 5.74) is 2.15. The average molecular weight is 337 g/mol. The third-order valence-corrected chi connectivity index (χ3v) is 3.74. The van der Waals surface area contributed by atoms with Crippen LogP contribution in [-0.2, 0) is 0 Å². The van der Waals surface area contributed by atoms with E-state index in [-0.39, 0.29) is 6.04 Å². The molecule has 0 aliphatic heterocycles. The highest BCUT2D eigenvalue weighted by Crippen LogP contribution is 2.29. The predicted octanol–water partition coefficient (Wildman–Crippen LogP) is 3.71. The average Bonchev–Trinajstić information content (AvgIpc) is 2.83. The molecule has 0 amide bonds. The maximum Gasteiger partial charge on any atom is 0.0933 e. The normalized spacial score (nSPS) is 12.8. The maximum atomic E-state index is 4.51. The number of hydrogen-bond acceptors (Lipinski definition) is 3. The lowest BCUT2D eigenvalue weighted by molar-refractivity contribution is 0.467. The Kier molecular flexibility index (Phi) is 5.31. The van der Waals surface area contributed by atoms with Crippen molar-refractivity contribution in [1.29, 1.82) is 0 Å². The van der Waals surface area contributed by atoms with Gasteiger partial charge in [-0.15, -0.1) is 0 Å². The minimum absolute atomic E-state index is 0.0513. The highest BCUT2D eigenvalue weighted by Gasteiger charge is 2.23. The van der Waals surface area contributed by atoms with E-state index in [1.54, 1.807) is 0 Å². The van der Waals surface area contributed by atoms with Crippen molar-refractivity contribution in [3.8, 4) is 0 Å². The van der Waals surface area contributed by atoms with Crippen LogP contribution in [0.25, 0.3) is 0 Å². The highest BCUT2D eigenvalue weighted by molar-refractivity contribution is 9.10. The molecule has 0 aliphatic carbocycles. The second-order valence-electron chi connectivity index (χ2n) is 5.06. The van der Waals surface area contributed by atoms with E-state index < -0.39 is 0 Å². The Labute approximate surface area is 128 Å². The zero-order valence-electron chi connectivity index (χ0n) is 12.2. The number of rotatable bonds is 6. The van der Waals surface area contributed by atoms with Gasteiger partial charge in [-0.05, 0) is 54.9 Å². The van der Waals surface area contributed by atoms with Crippen LogP contribution in [0.15, 0.2) is 35.1 Å². The van der Waals surface area contributed by atoms with E-state index in [0.717, 1.165) is 28.8 Å². The number of pyridine rings is 1. The van der Waals surface area contributed by atoms with Gasteiger partial charge in [0.1, 0.15) is 0 Å². The van der Waals surface area contributed by atoms with E-state index >= 15 is 0 Å². The zero-order valence-corrected chi connectivity index (χ0v) is 13.8. The number of hydrogen-bond donors (Lipinski definition) is 1. The minimum atomic E-state index is 0.0513. The molecule has 0 saturated heterocycles. The van der Waals surface area contributed by atoms with E-state index in [9.17, 15) is 0 Å². The molecule has 2 aromatic rings. The molecule has 2 aromatic heterocycles. The van der Waals surface area contributed by atoms with Crippen LogP contribution >= 0.6 is 15.9 Å². The van der Waals surface area contributed by atoms with Crippen molar-refractivity contribution in [2.75, 3.05) is 6.54 Å². The van der Waals surface area contributed by atoms with Crippen LogP contribution in [0.3, 0.4) is 0 Å². The zero-order chi connectivity index (χ0) is 14.5. The summed E-state index contributed by atoms with van der Waals surface area (Å²) >= 11 is 3.62. The second kappa shape index (κ2) is 6.99. The molecule has 20 heavy (non-hydrogen) atoms. The first-order chi connectivity index (χ1) is 9.65. The van der Waals surface area contributed by atoms with Crippen LogP contribution in [0.4, 0.5) is 0 Å². The molecule has 1 atom stereocenters. The van der Waals surface area contributed by atoms with E-state index in [2.05, 4.69) is 58.2 Å². The van der Waals surface area contributed by atoms with Gasteiger partial charge in [-0.3, -0.25) is 9.67 Å². The summed E-state index contributed by atoms with van der Waals surface area (Å²) < 4.78 is 3.07. The third-order valence-electron chi connectivity index (χ3n) is 3.13. The summed E-state index contributed by atoms with van der Waals surface area (Å²) in [6.07, 6.45) is 4.77. The molecular formula is C15H21BrN4. The number of nitrogens with one attached hydrogen (secondary N) is 1. The summed E-state index contributed by atoms with van der Waals surface area (Å²) in [7, 11) is 0. The Hall–Kier alpha value is -1.20. The third kappa shape index (κ3) is 3.27. The van der Waals surface area contributed by atoms with Crippen molar-refractivity contribution in [3.05, 3.63) is 46.5 Å². The van der Waals surface area contributed by atoms with Gasteiger partial charge in [0, 0.05) is 12.2 Å². The van der Waals surface area contributed by atoms with Gasteiger partial charge in [-0.1, -0.05) is 13.0 Å². The van der Waals surface area contributed by atoms with Crippen LogP contribution in [-0.4, -0.2) is 21.3 Å². The van der Waals surface area contributed by atoms with Crippen LogP contribution in [0.5, 0.6) is 0 Å². The number of halogens is 1.